The van der Waals surface area contributed by atoms with E-state index in [1.54, 1.807) is 0 Å². The Balaban J connectivity index is 1.21. The van der Waals surface area contributed by atoms with Crippen molar-refractivity contribution < 1.29 is 0 Å². The molecule has 5 nitrogen and oxygen atoms in total. The lowest BCUT2D eigenvalue weighted by atomic mass is 10.1. The van der Waals surface area contributed by atoms with Crippen LogP contribution in [0.3, 0.4) is 0 Å². The van der Waals surface area contributed by atoms with Crippen LogP contribution in [0.4, 0.5) is 5.69 Å². The number of nitrogens with one attached hydrogen (secondary N) is 1. The van der Waals surface area contributed by atoms with E-state index in [4.69, 9.17) is 5.73 Å². The Kier molecular flexibility index (Phi) is 4.93. The van der Waals surface area contributed by atoms with Crippen molar-refractivity contribution in [2.45, 2.75) is 32.4 Å². The lowest BCUT2D eigenvalue weighted by molar-refractivity contribution is 0.823. The van der Waals surface area contributed by atoms with E-state index in [2.05, 4.69) is 68.4 Å². The van der Waals surface area contributed by atoms with Crippen molar-refractivity contribution in [2.24, 2.45) is 10.7 Å². The van der Waals surface area contributed by atoms with Gasteiger partial charge >= 0.3 is 0 Å². The zero-order valence-corrected chi connectivity index (χ0v) is 16.9. The van der Waals surface area contributed by atoms with E-state index < -0.39 is 0 Å². The zero-order chi connectivity index (χ0) is 20.3. The van der Waals surface area contributed by atoms with Crippen LogP contribution in [0.15, 0.2) is 78.0 Å². The average Bonchev–Trinajstić information content (AvgIpc) is 3.40. The minimum Gasteiger partial charge on any atom is -0.370 e. The average molecular weight is 396 g/mol. The molecule has 0 unspecified atom stereocenters. The van der Waals surface area contributed by atoms with Crippen LogP contribution in [0.1, 0.15) is 28.7 Å². The second kappa shape index (κ2) is 8.03. The number of hydrogen-bond acceptors (Lipinski definition) is 2. The molecule has 0 saturated carbocycles. The molecule has 0 spiro atoms. The van der Waals surface area contributed by atoms with Crippen LogP contribution in [0.2, 0.25) is 0 Å². The largest absolute Gasteiger partial charge is 0.370 e. The number of nitrogens with two attached hydrogens (primary N) is 1. The normalized spacial score (nSPS) is 13.5. The van der Waals surface area contributed by atoms with Crippen molar-refractivity contribution in [3.63, 3.8) is 0 Å². The molecule has 3 N–H and O–H groups in total. The summed E-state index contributed by atoms with van der Waals surface area (Å²) in [6, 6.07) is 23.2. The van der Waals surface area contributed by atoms with Crippen molar-refractivity contribution in [3.05, 3.63) is 95.3 Å². The molecule has 0 aliphatic heterocycles. The minimum absolute atomic E-state index is 0.446. The molecule has 150 valence electrons. The Bertz CT molecular complexity index is 1200. The molecule has 0 fully saturated rings. The fourth-order valence-corrected chi connectivity index (χ4v) is 4.10. The van der Waals surface area contributed by atoms with Crippen molar-refractivity contribution in [2.75, 3.05) is 5.32 Å². The number of hydrogen-bond donors (Lipinski definition) is 2. The molecule has 1 aliphatic carbocycles. The standard InChI is InChI=1S/C25H25N5/c26-25(29-22-13-12-20-4-3-5-21(20)14-22)27-15-18-8-10-19(11-9-18)16-30-17-28-23-6-1-2-7-24(23)30/h1-2,6-14,17H,3-5,15-16H2,(H3,26,27,29). The molecule has 0 atom stereocenters. The molecule has 0 bridgehead atoms. The number of fused-ring (bicyclic) bond motifs is 2. The number of nitrogens with zero attached hydrogens (tertiary/aromatic N) is 3. The van der Waals surface area contributed by atoms with Gasteiger partial charge in [-0.25, -0.2) is 9.98 Å². The first-order valence-electron chi connectivity index (χ1n) is 10.4. The highest BCUT2D eigenvalue weighted by Gasteiger charge is 2.10. The molecule has 0 saturated heterocycles. The SMILES string of the molecule is NC(=NCc1ccc(Cn2cnc3ccccc32)cc1)Nc1ccc2c(c1)CCC2. The van der Waals surface area contributed by atoms with Crippen LogP contribution in [0.5, 0.6) is 0 Å². The van der Waals surface area contributed by atoms with Crippen LogP contribution < -0.4 is 11.1 Å². The first kappa shape index (κ1) is 18.4. The van der Waals surface area contributed by atoms with Gasteiger partial charge in [-0.05, 0) is 65.8 Å². The summed E-state index contributed by atoms with van der Waals surface area (Å²) in [6.45, 7) is 1.35. The summed E-state index contributed by atoms with van der Waals surface area (Å²) in [7, 11) is 0. The number of aliphatic imine (C=N–C) groups is 1. The second-order valence-electron chi connectivity index (χ2n) is 7.84. The topological polar surface area (TPSA) is 68.2 Å². The monoisotopic (exact) mass is 395 g/mol. The van der Waals surface area contributed by atoms with E-state index >= 15 is 0 Å². The highest BCUT2D eigenvalue weighted by atomic mass is 15.1. The van der Waals surface area contributed by atoms with Crippen LogP contribution >= 0.6 is 0 Å². The Hall–Kier alpha value is -3.60. The van der Waals surface area contributed by atoms with Crippen molar-refractivity contribution in [1.82, 2.24) is 9.55 Å². The predicted molar refractivity (Wildman–Crippen MR) is 123 cm³/mol. The fraction of sp³-hybridized carbons (Fsp3) is 0.200. The number of benzene rings is 3. The number of anilines is 1. The number of aromatic nitrogens is 2. The van der Waals surface area contributed by atoms with E-state index in [1.165, 1.54) is 29.5 Å². The number of rotatable bonds is 5. The van der Waals surface area contributed by atoms with Gasteiger partial charge in [0, 0.05) is 12.2 Å². The minimum atomic E-state index is 0.446. The number of para-hydroxylation sites is 2. The first-order valence-corrected chi connectivity index (χ1v) is 10.4. The Labute approximate surface area is 176 Å². The third-order valence-corrected chi connectivity index (χ3v) is 5.71. The van der Waals surface area contributed by atoms with Gasteiger partial charge in [0.15, 0.2) is 5.96 Å². The smallest absolute Gasteiger partial charge is 0.193 e. The highest BCUT2D eigenvalue weighted by Crippen LogP contribution is 2.24. The van der Waals surface area contributed by atoms with E-state index in [1.807, 2.05) is 24.5 Å². The molecular weight excluding hydrogens is 370 g/mol. The van der Waals surface area contributed by atoms with Gasteiger partial charge in [-0.1, -0.05) is 42.5 Å². The van der Waals surface area contributed by atoms with Crippen molar-refractivity contribution in [1.29, 1.82) is 0 Å². The molecule has 0 amide bonds. The van der Waals surface area contributed by atoms with Gasteiger partial charge in [0.2, 0.25) is 0 Å². The van der Waals surface area contributed by atoms with Crippen LogP contribution in [0.25, 0.3) is 11.0 Å². The molecule has 1 aromatic heterocycles. The lowest BCUT2D eigenvalue weighted by Gasteiger charge is -2.08. The Morgan fingerprint density at radius 2 is 1.77 bits per heavy atom. The summed E-state index contributed by atoms with van der Waals surface area (Å²) in [5.41, 5.74) is 14.5. The van der Waals surface area contributed by atoms with Gasteiger partial charge in [0.25, 0.3) is 0 Å². The van der Waals surface area contributed by atoms with Gasteiger partial charge in [0.05, 0.1) is 23.9 Å². The van der Waals surface area contributed by atoms with Gasteiger partial charge in [-0.15, -0.1) is 0 Å². The van der Waals surface area contributed by atoms with Crippen molar-refractivity contribution in [3.8, 4) is 0 Å². The van der Waals surface area contributed by atoms with E-state index in [0.29, 0.717) is 12.5 Å². The molecule has 1 aliphatic rings. The Morgan fingerprint density at radius 1 is 0.967 bits per heavy atom. The number of aryl methyl sites for hydroxylation is 2. The van der Waals surface area contributed by atoms with Gasteiger partial charge in [-0.3, -0.25) is 0 Å². The molecule has 5 rings (SSSR count). The maximum Gasteiger partial charge on any atom is 0.193 e. The van der Waals surface area contributed by atoms with E-state index in [9.17, 15) is 0 Å². The molecule has 1 heterocycles. The van der Waals surface area contributed by atoms with Gasteiger partial charge < -0.3 is 15.6 Å². The van der Waals surface area contributed by atoms with Crippen LogP contribution in [0, 0.1) is 0 Å². The quantitative estimate of drug-likeness (QED) is 0.386. The molecule has 3 aromatic carbocycles. The first-order chi connectivity index (χ1) is 14.7. The predicted octanol–water partition coefficient (Wildman–Crippen LogP) is 4.50. The van der Waals surface area contributed by atoms with E-state index in [-0.39, 0.29) is 0 Å². The lowest BCUT2D eigenvalue weighted by Crippen LogP contribution is -2.22. The molecule has 5 heteroatoms. The number of imidazole rings is 1. The molecular formula is C25H25N5. The maximum atomic E-state index is 6.10. The third kappa shape index (κ3) is 3.92. The van der Waals surface area contributed by atoms with Gasteiger partial charge in [-0.2, -0.15) is 0 Å². The zero-order valence-electron chi connectivity index (χ0n) is 16.9. The number of guanidine groups is 1. The summed E-state index contributed by atoms with van der Waals surface area (Å²) in [5.74, 6) is 0.446. The Morgan fingerprint density at radius 3 is 2.67 bits per heavy atom. The van der Waals surface area contributed by atoms with Crippen LogP contribution in [-0.4, -0.2) is 15.5 Å². The summed E-state index contributed by atoms with van der Waals surface area (Å²) in [4.78, 5) is 8.96. The second-order valence-corrected chi connectivity index (χ2v) is 7.84. The van der Waals surface area contributed by atoms with Crippen LogP contribution in [-0.2, 0) is 25.9 Å². The van der Waals surface area contributed by atoms with Crippen molar-refractivity contribution >= 4 is 22.7 Å². The molecule has 4 aromatic rings. The summed E-state index contributed by atoms with van der Waals surface area (Å²) < 4.78 is 2.17. The summed E-state index contributed by atoms with van der Waals surface area (Å²) in [6.07, 6.45) is 5.49. The summed E-state index contributed by atoms with van der Waals surface area (Å²) >= 11 is 0. The fourth-order valence-electron chi connectivity index (χ4n) is 4.10. The summed E-state index contributed by atoms with van der Waals surface area (Å²) in [5, 5.41) is 3.22. The highest BCUT2D eigenvalue weighted by molar-refractivity contribution is 5.92. The maximum absolute atomic E-state index is 6.10. The molecule has 30 heavy (non-hydrogen) atoms. The molecule has 0 radical (unpaired) electrons. The third-order valence-electron chi connectivity index (χ3n) is 5.71. The van der Waals surface area contributed by atoms with Gasteiger partial charge in [0.1, 0.15) is 0 Å². The van der Waals surface area contributed by atoms with E-state index in [0.717, 1.165) is 35.2 Å².